The molecule has 2 N–H and O–H groups in total. The molecule has 0 aliphatic rings. The van der Waals surface area contributed by atoms with E-state index < -0.39 is 0 Å². The van der Waals surface area contributed by atoms with Crippen LogP contribution < -0.4 is 5.32 Å². The molecule has 0 bridgehead atoms. The van der Waals surface area contributed by atoms with Gasteiger partial charge in [0.15, 0.2) is 0 Å². The molecule has 2 aromatic heterocycles. The van der Waals surface area contributed by atoms with E-state index in [4.69, 9.17) is 4.42 Å². The highest BCUT2D eigenvalue weighted by Crippen LogP contribution is 2.16. The molecule has 1 atom stereocenters. The molecule has 7 heteroatoms. The van der Waals surface area contributed by atoms with Crippen LogP contribution in [-0.4, -0.2) is 26.1 Å². The molecule has 18 heavy (non-hydrogen) atoms. The lowest BCUT2D eigenvalue weighted by Gasteiger charge is -2.08. The Balaban J connectivity index is 2.03. The molecular weight excluding hydrogens is 234 g/mol. The molecule has 2 heterocycles. The van der Waals surface area contributed by atoms with E-state index in [0.717, 1.165) is 0 Å². The van der Waals surface area contributed by atoms with Crippen molar-refractivity contribution in [2.45, 2.75) is 32.7 Å². The van der Waals surface area contributed by atoms with E-state index in [2.05, 4.69) is 25.5 Å². The van der Waals surface area contributed by atoms with Gasteiger partial charge in [-0.3, -0.25) is 4.79 Å². The standard InChI is InChI=1S/C11H15N5O2/c1-6(2)10-15-16-11(18-10)7(3)14-9(17)8-4-12-5-13-8/h4-7H,1-3H3,(H,12,13)(H,14,17)/t7-/m1/s1. The number of nitrogens with zero attached hydrogens (tertiary/aromatic N) is 3. The first-order valence-electron chi connectivity index (χ1n) is 5.70. The summed E-state index contributed by atoms with van der Waals surface area (Å²) in [7, 11) is 0. The predicted octanol–water partition coefficient (Wildman–Crippen LogP) is 1.41. The smallest absolute Gasteiger partial charge is 0.269 e. The van der Waals surface area contributed by atoms with Gasteiger partial charge >= 0.3 is 0 Å². The van der Waals surface area contributed by atoms with Crippen LogP contribution in [0.4, 0.5) is 0 Å². The highest BCUT2D eigenvalue weighted by Gasteiger charge is 2.18. The lowest BCUT2D eigenvalue weighted by molar-refractivity contribution is 0.0929. The van der Waals surface area contributed by atoms with Gasteiger partial charge in [0.2, 0.25) is 11.8 Å². The molecule has 0 aliphatic heterocycles. The number of carbonyl (C=O) groups excluding carboxylic acids is 1. The third-order valence-electron chi connectivity index (χ3n) is 2.41. The predicted molar refractivity (Wildman–Crippen MR) is 62.9 cm³/mol. The van der Waals surface area contributed by atoms with Gasteiger partial charge in [-0.05, 0) is 6.92 Å². The van der Waals surface area contributed by atoms with Crippen molar-refractivity contribution in [3.63, 3.8) is 0 Å². The van der Waals surface area contributed by atoms with Crippen molar-refractivity contribution >= 4 is 5.91 Å². The van der Waals surface area contributed by atoms with Crippen molar-refractivity contribution in [3.05, 3.63) is 30.0 Å². The fourth-order valence-corrected chi connectivity index (χ4v) is 1.37. The number of aromatic amines is 1. The van der Waals surface area contributed by atoms with Gasteiger partial charge in [0, 0.05) is 5.92 Å². The van der Waals surface area contributed by atoms with Crippen LogP contribution >= 0.6 is 0 Å². The second kappa shape index (κ2) is 4.99. The summed E-state index contributed by atoms with van der Waals surface area (Å²) >= 11 is 0. The van der Waals surface area contributed by atoms with E-state index in [1.165, 1.54) is 12.5 Å². The SMILES string of the molecule is CC(C)c1nnc([C@@H](C)NC(=O)c2cnc[nH]2)o1. The molecule has 7 nitrogen and oxygen atoms in total. The van der Waals surface area contributed by atoms with Gasteiger partial charge in [0.1, 0.15) is 11.7 Å². The Morgan fingerprint density at radius 1 is 1.33 bits per heavy atom. The number of aromatic nitrogens is 4. The van der Waals surface area contributed by atoms with Gasteiger partial charge in [-0.25, -0.2) is 4.98 Å². The number of imidazole rings is 1. The topological polar surface area (TPSA) is 96.7 Å². The van der Waals surface area contributed by atoms with E-state index in [1.807, 2.05) is 13.8 Å². The number of amides is 1. The largest absolute Gasteiger partial charge is 0.423 e. The van der Waals surface area contributed by atoms with Crippen molar-refractivity contribution in [1.82, 2.24) is 25.5 Å². The second-order valence-electron chi connectivity index (χ2n) is 4.29. The minimum absolute atomic E-state index is 0.168. The zero-order valence-corrected chi connectivity index (χ0v) is 10.5. The highest BCUT2D eigenvalue weighted by atomic mass is 16.4. The van der Waals surface area contributed by atoms with E-state index in [1.54, 1.807) is 6.92 Å². The summed E-state index contributed by atoms with van der Waals surface area (Å²) < 4.78 is 5.46. The van der Waals surface area contributed by atoms with Gasteiger partial charge in [0.05, 0.1) is 12.5 Å². The zero-order chi connectivity index (χ0) is 13.1. The van der Waals surface area contributed by atoms with Crippen molar-refractivity contribution in [2.24, 2.45) is 0 Å². The Hall–Kier alpha value is -2.18. The molecule has 96 valence electrons. The Morgan fingerprint density at radius 3 is 2.61 bits per heavy atom. The molecular formula is C11H15N5O2. The number of carbonyl (C=O) groups is 1. The number of hydrogen-bond donors (Lipinski definition) is 2. The Labute approximate surface area is 104 Å². The number of H-pyrrole nitrogens is 1. The Morgan fingerprint density at radius 2 is 2.06 bits per heavy atom. The van der Waals surface area contributed by atoms with Crippen LogP contribution in [0, 0.1) is 0 Å². The molecule has 0 saturated carbocycles. The van der Waals surface area contributed by atoms with E-state index in [-0.39, 0.29) is 17.9 Å². The first kappa shape index (κ1) is 12.3. The van der Waals surface area contributed by atoms with Crippen LogP contribution in [0.5, 0.6) is 0 Å². The molecule has 0 aliphatic carbocycles. The molecule has 0 unspecified atom stereocenters. The van der Waals surface area contributed by atoms with Gasteiger partial charge in [-0.15, -0.1) is 10.2 Å². The molecule has 2 aromatic rings. The van der Waals surface area contributed by atoms with E-state index >= 15 is 0 Å². The van der Waals surface area contributed by atoms with Crippen LogP contribution in [0.15, 0.2) is 16.9 Å². The molecule has 2 rings (SSSR count). The van der Waals surface area contributed by atoms with E-state index in [9.17, 15) is 4.79 Å². The first-order chi connectivity index (χ1) is 8.58. The maximum atomic E-state index is 11.8. The first-order valence-corrected chi connectivity index (χ1v) is 5.70. The minimum atomic E-state index is -0.346. The van der Waals surface area contributed by atoms with Gasteiger partial charge in [-0.2, -0.15) is 0 Å². The average molecular weight is 249 g/mol. The van der Waals surface area contributed by atoms with Crippen LogP contribution in [-0.2, 0) is 0 Å². The molecule has 0 aromatic carbocycles. The van der Waals surface area contributed by atoms with Crippen LogP contribution in [0.3, 0.4) is 0 Å². The number of hydrogen-bond acceptors (Lipinski definition) is 5. The van der Waals surface area contributed by atoms with Gasteiger partial charge in [0.25, 0.3) is 5.91 Å². The summed E-state index contributed by atoms with van der Waals surface area (Å²) in [4.78, 5) is 18.3. The Kier molecular flexibility index (Phi) is 3.40. The summed E-state index contributed by atoms with van der Waals surface area (Å²) in [5.74, 6) is 0.866. The Bertz CT molecular complexity index is 517. The van der Waals surface area contributed by atoms with Gasteiger partial charge in [-0.1, -0.05) is 13.8 Å². The zero-order valence-electron chi connectivity index (χ0n) is 10.5. The monoisotopic (exact) mass is 249 g/mol. The highest BCUT2D eigenvalue weighted by molar-refractivity contribution is 5.92. The molecule has 0 fully saturated rings. The fraction of sp³-hybridized carbons (Fsp3) is 0.455. The van der Waals surface area contributed by atoms with Crippen molar-refractivity contribution < 1.29 is 9.21 Å². The third kappa shape index (κ3) is 2.55. The average Bonchev–Trinajstić information content (AvgIpc) is 3.00. The minimum Gasteiger partial charge on any atom is -0.423 e. The van der Waals surface area contributed by atoms with Gasteiger partial charge < -0.3 is 14.7 Å². The normalized spacial score (nSPS) is 12.7. The van der Waals surface area contributed by atoms with Crippen molar-refractivity contribution in [2.75, 3.05) is 0 Å². The lowest BCUT2D eigenvalue weighted by atomic mass is 10.2. The maximum Gasteiger partial charge on any atom is 0.269 e. The molecule has 0 spiro atoms. The summed E-state index contributed by atoms with van der Waals surface area (Å²) in [6.07, 6.45) is 2.90. The van der Waals surface area contributed by atoms with Crippen LogP contribution in [0.2, 0.25) is 0 Å². The van der Waals surface area contributed by atoms with E-state index in [0.29, 0.717) is 17.5 Å². The molecule has 1 amide bonds. The number of nitrogens with one attached hydrogen (secondary N) is 2. The number of rotatable bonds is 4. The van der Waals surface area contributed by atoms with Crippen molar-refractivity contribution in [1.29, 1.82) is 0 Å². The second-order valence-corrected chi connectivity index (χ2v) is 4.29. The van der Waals surface area contributed by atoms with Crippen LogP contribution in [0.1, 0.15) is 55.0 Å². The van der Waals surface area contributed by atoms with Crippen molar-refractivity contribution in [3.8, 4) is 0 Å². The molecule has 0 saturated heterocycles. The van der Waals surface area contributed by atoms with Crippen LogP contribution in [0.25, 0.3) is 0 Å². The maximum absolute atomic E-state index is 11.8. The molecule has 0 radical (unpaired) electrons. The summed E-state index contributed by atoms with van der Waals surface area (Å²) in [6.45, 7) is 5.71. The fourth-order valence-electron chi connectivity index (χ4n) is 1.37. The summed E-state index contributed by atoms with van der Waals surface area (Å²) in [5, 5.41) is 10.6. The lowest BCUT2D eigenvalue weighted by Crippen LogP contribution is -2.27. The third-order valence-corrected chi connectivity index (χ3v) is 2.41. The quantitative estimate of drug-likeness (QED) is 0.853. The summed E-state index contributed by atoms with van der Waals surface area (Å²) in [6, 6.07) is -0.346. The summed E-state index contributed by atoms with van der Waals surface area (Å²) in [5.41, 5.74) is 0.394.